The van der Waals surface area contributed by atoms with E-state index >= 15 is 0 Å². The van der Waals surface area contributed by atoms with Crippen molar-refractivity contribution >= 4 is 73.6 Å². The maximum Gasteiger partial charge on any atom is 0.416 e. The van der Waals surface area contributed by atoms with Gasteiger partial charge in [-0.05, 0) is 72.2 Å². The Balaban J connectivity index is 1.23. The van der Waals surface area contributed by atoms with Crippen LogP contribution in [-0.4, -0.2) is 15.2 Å². The first-order chi connectivity index (χ1) is 21.5. The molecule has 0 amide bonds. The molecule has 0 N–H and O–H groups in total. The summed E-state index contributed by atoms with van der Waals surface area (Å²) >= 11 is 4.64. The molecule has 4 heterocycles. The van der Waals surface area contributed by atoms with Crippen molar-refractivity contribution in [1.82, 2.24) is 9.97 Å². The summed E-state index contributed by atoms with van der Waals surface area (Å²) < 4.78 is 80.0. The lowest BCUT2D eigenvalue weighted by Crippen LogP contribution is -2.04. The molecule has 0 fully saturated rings. The standard InChI is InChI=1S/C34H20F6N2S3/c35-33(36,37)21-9-5-19(6-10-21)27-15-13-23(43-27)17-29-31-32(42-26-4-2-1-3-25(26)41-31)30(45-29)18-24-14-16-28(44-24)20-7-11-22(12-8-20)34(38,39)40/h1-13,15-18,24H,14H2/b29-17-,30-18-. The lowest BCUT2D eigenvalue weighted by molar-refractivity contribution is -0.138. The molecule has 6 aromatic rings. The van der Waals surface area contributed by atoms with E-state index in [1.807, 2.05) is 48.6 Å². The summed E-state index contributed by atoms with van der Waals surface area (Å²) in [4.78, 5) is 12.6. The number of halogens is 6. The second-order valence-corrected chi connectivity index (χ2v) is 13.8. The molecule has 1 unspecified atom stereocenters. The Kier molecular flexibility index (Phi) is 7.58. The Morgan fingerprint density at radius 1 is 0.644 bits per heavy atom. The van der Waals surface area contributed by atoms with Gasteiger partial charge in [-0.2, -0.15) is 26.3 Å². The van der Waals surface area contributed by atoms with Gasteiger partial charge in [0.05, 0.1) is 31.2 Å². The fourth-order valence-electron chi connectivity index (χ4n) is 5.07. The quantitative estimate of drug-likeness (QED) is 0.175. The number of fused-ring (bicyclic) bond motifs is 2. The number of thioether (sulfide) groups is 1. The van der Waals surface area contributed by atoms with Gasteiger partial charge < -0.3 is 0 Å². The molecular weight excluding hydrogens is 647 g/mol. The van der Waals surface area contributed by atoms with Crippen LogP contribution in [0.4, 0.5) is 26.3 Å². The van der Waals surface area contributed by atoms with Gasteiger partial charge in [0, 0.05) is 19.9 Å². The molecular formula is C34H20F6N2S3. The zero-order valence-corrected chi connectivity index (χ0v) is 25.4. The minimum atomic E-state index is -4.38. The number of thiophene rings is 2. The molecule has 1 atom stereocenters. The van der Waals surface area contributed by atoms with Gasteiger partial charge in [-0.1, -0.05) is 48.6 Å². The lowest BCUT2D eigenvalue weighted by atomic mass is 10.1. The Morgan fingerprint density at radius 3 is 1.82 bits per heavy atom. The monoisotopic (exact) mass is 666 g/mol. The lowest BCUT2D eigenvalue weighted by Gasteiger charge is -2.08. The van der Waals surface area contributed by atoms with E-state index in [0.717, 1.165) is 82.0 Å². The highest BCUT2D eigenvalue weighted by Gasteiger charge is 2.31. The molecule has 226 valence electrons. The van der Waals surface area contributed by atoms with Crippen molar-refractivity contribution < 1.29 is 26.3 Å². The molecule has 1 aliphatic rings. The van der Waals surface area contributed by atoms with Crippen molar-refractivity contribution in [2.24, 2.45) is 0 Å². The Labute approximate surface area is 265 Å². The van der Waals surface area contributed by atoms with Crippen molar-refractivity contribution in [1.29, 1.82) is 0 Å². The first-order valence-electron chi connectivity index (χ1n) is 13.7. The predicted octanol–water partition coefficient (Wildman–Crippen LogP) is 9.77. The second kappa shape index (κ2) is 11.5. The van der Waals surface area contributed by atoms with Gasteiger partial charge in [-0.25, -0.2) is 9.97 Å². The molecule has 0 spiro atoms. The molecule has 0 radical (unpaired) electrons. The van der Waals surface area contributed by atoms with Gasteiger partial charge in [0.1, 0.15) is 11.0 Å². The Bertz CT molecular complexity index is 2190. The van der Waals surface area contributed by atoms with E-state index in [0.29, 0.717) is 5.56 Å². The van der Waals surface area contributed by atoms with Gasteiger partial charge in [-0.3, -0.25) is 0 Å². The van der Waals surface area contributed by atoms with E-state index in [9.17, 15) is 26.3 Å². The Hall–Kier alpha value is -3.93. The molecule has 45 heavy (non-hydrogen) atoms. The molecule has 3 aromatic heterocycles. The number of hydrogen-bond donors (Lipinski definition) is 0. The van der Waals surface area contributed by atoms with Crippen LogP contribution in [0, 0.1) is 0 Å². The third-order valence-electron chi connectivity index (χ3n) is 7.30. The minimum absolute atomic E-state index is 0.0678. The highest BCUT2D eigenvalue weighted by molar-refractivity contribution is 8.09. The summed E-state index contributed by atoms with van der Waals surface area (Å²) in [6, 6.07) is 21.9. The summed E-state index contributed by atoms with van der Waals surface area (Å²) in [5, 5.41) is 0.0678. The van der Waals surface area contributed by atoms with Gasteiger partial charge in [-0.15, -0.1) is 34.4 Å². The van der Waals surface area contributed by atoms with Crippen molar-refractivity contribution in [3.8, 4) is 10.4 Å². The van der Waals surface area contributed by atoms with Gasteiger partial charge in [0.2, 0.25) is 0 Å². The van der Waals surface area contributed by atoms with E-state index in [4.69, 9.17) is 9.97 Å². The van der Waals surface area contributed by atoms with E-state index < -0.39 is 23.5 Å². The minimum Gasteiger partial charge on any atom is -0.243 e. The Morgan fingerprint density at radius 2 is 1.22 bits per heavy atom. The van der Waals surface area contributed by atoms with Crippen LogP contribution >= 0.6 is 34.4 Å². The molecule has 11 heteroatoms. The van der Waals surface area contributed by atoms with Crippen LogP contribution in [-0.2, 0) is 12.4 Å². The van der Waals surface area contributed by atoms with E-state index in [1.54, 1.807) is 23.1 Å². The number of para-hydroxylation sites is 2. The molecule has 2 nitrogen and oxygen atoms in total. The fraction of sp³-hybridized carbons (Fsp3) is 0.118. The number of benzene rings is 3. The first kappa shape index (κ1) is 29.8. The average Bonchev–Trinajstić information content (AvgIpc) is 3.76. The van der Waals surface area contributed by atoms with Crippen LogP contribution in [0.5, 0.6) is 0 Å². The summed E-state index contributed by atoms with van der Waals surface area (Å²) in [5.74, 6) is 0. The highest BCUT2D eigenvalue weighted by atomic mass is 32.2. The molecule has 3 aromatic carbocycles. The number of hydrogen-bond acceptors (Lipinski definition) is 5. The third-order valence-corrected chi connectivity index (χ3v) is 10.8. The normalized spacial score (nSPS) is 16.7. The van der Waals surface area contributed by atoms with Crippen LogP contribution in [0.25, 0.3) is 49.6 Å². The first-order valence-corrected chi connectivity index (χ1v) is 16.2. The van der Waals surface area contributed by atoms with Gasteiger partial charge in [0.15, 0.2) is 0 Å². The average molecular weight is 667 g/mol. The topological polar surface area (TPSA) is 25.8 Å². The van der Waals surface area contributed by atoms with Gasteiger partial charge >= 0.3 is 12.4 Å². The summed E-state index contributed by atoms with van der Waals surface area (Å²) in [7, 11) is 0. The summed E-state index contributed by atoms with van der Waals surface area (Å²) in [6.45, 7) is 0. The SMILES string of the molecule is FC(F)(F)c1ccc(C2=CCC(/C=c3\s/c(=C\c4ccc(-c5ccc(C(F)(F)F)cc5)s4)c4nc5ccccc5nc34)S2)cc1. The predicted molar refractivity (Wildman–Crippen MR) is 172 cm³/mol. The van der Waals surface area contributed by atoms with Crippen LogP contribution in [0.2, 0.25) is 0 Å². The van der Waals surface area contributed by atoms with Crippen LogP contribution < -0.4 is 9.06 Å². The van der Waals surface area contributed by atoms with E-state index in [2.05, 4.69) is 6.08 Å². The number of alkyl halides is 6. The van der Waals surface area contributed by atoms with E-state index in [1.165, 1.54) is 35.6 Å². The van der Waals surface area contributed by atoms with Crippen LogP contribution in [0.1, 0.15) is 28.0 Å². The number of allylic oxidation sites excluding steroid dienone is 1. The fourth-order valence-corrected chi connectivity index (χ4v) is 8.51. The molecule has 0 saturated heterocycles. The van der Waals surface area contributed by atoms with Crippen molar-refractivity contribution in [2.75, 3.05) is 0 Å². The molecule has 1 aliphatic heterocycles. The zero-order chi connectivity index (χ0) is 31.3. The highest BCUT2D eigenvalue weighted by Crippen LogP contribution is 2.41. The van der Waals surface area contributed by atoms with Crippen molar-refractivity contribution in [3.05, 3.63) is 122 Å². The van der Waals surface area contributed by atoms with E-state index in [-0.39, 0.29) is 5.25 Å². The molecule has 7 rings (SSSR count). The maximum atomic E-state index is 13.0. The molecule has 0 bridgehead atoms. The number of aromatic nitrogens is 2. The number of nitrogens with zero attached hydrogens (tertiary/aromatic N) is 2. The molecule has 0 saturated carbocycles. The number of rotatable bonds is 4. The van der Waals surface area contributed by atoms with Crippen LogP contribution in [0.15, 0.2) is 91.0 Å². The summed E-state index contributed by atoms with van der Waals surface area (Å²) in [5.41, 5.74) is 3.17. The van der Waals surface area contributed by atoms with Crippen LogP contribution in [0.3, 0.4) is 0 Å². The largest absolute Gasteiger partial charge is 0.416 e. The third kappa shape index (κ3) is 6.16. The zero-order valence-electron chi connectivity index (χ0n) is 23.0. The second-order valence-electron chi connectivity index (χ2n) is 10.4. The molecule has 0 aliphatic carbocycles. The van der Waals surface area contributed by atoms with Gasteiger partial charge in [0.25, 0.3) is 0 Å². The smallest absolute Gasteiger partial charge is 0.243 e. The summed E-state index contributed by atoms with van der Waals surface area (Å²) in [6.07, 6.45) is -1.81. The van der Waals surface area contributed by atoms with Crippen molar-refractivity contribution in [3.63, 3.8) is 0 Å². The van der Waals surface area contributed by atoms with Crippen molar-refractivity contribution in [2.45, 2.75) is 24.0 Å². The maximum absolute atomic E-state index is 13.0.